The Bertz CT molecular complexity index is 365. The quantitative estimate of drug-likeness (QED) is 0.569. The fourth-order valence-electron chi connectivity index (χ4n) is 1.08. The first-order chi connectivity index (χ1) is 8.16. The van der Waals surface area contributed by atoms with Gasteiger partial charge in [0.05, 0.1) is 12.7 Å². The van der Waals surface area contributed by atoms with Crippen LogP contribution in [0.3, 0.4) is 0 Å². The minimum absolute atomic E-state index is 0.194. The normalized spacial score (nSPS) is 16.9. The van der Waals surface area contributed by atoms with E-state index in [-0.39, 0.29) is 13.0 Å². The molecule has 2 atom stereocenters. The molecule has 0 aliphatic carbocycles. The molecule has 0 radical (unpaired) electrons. The molecule has 0 bridgehead atoms. The molecule has 2 N–H and O–H groups in total. The highest BCUT2D eigenvalue weighted by Crippen LogP contribution is 2.09. The number of hydrogen-bond donors (Lipinski definition) is 2. The average molecular weight is 283 g/mol. The molecule has 0 aliphatic rings. The number of carbonyl (C=O) groups is 1. The first kappa shape index (κ1) is 17.3. The van der Waals surface area contributed by atoms with Crippen molar-refractivity contribution in [1.82, 2.24) is 4.72 Å². The molecule has 18 heavy (non-hydrogen) atoms. The van der Waals surface area contributed by atoms with Crippen LogP contribution in [0.25, 0.3) is 0 Å². The van der Waals surface area contributed by atoms with Gasteiger partial charge in [0.2, 0.25) is 10.0 Å². The number of esters is 1. The van der Waals surface area contributed by atoms with E-state index < -0.39 is 26.8 Å². The Labute approximate surface area is 108 Å². The minimum atomic E-state index is -3.86. The molecule has 0 aromatic heterocycles. The lowest BCUT2D eigenvalue weighted by molar-refractivity contribution is -0.139. The molecule has 0 aromatic carbocycles. The van der Waals surface area contributed by atoms with Crippen LogP contribution in [0.5, 0.6) is 0 Å². The third kappa shape index (κ3) is 5.76. The maximum absolute atomic E-state index is 11.7. The summed E-state index contributed by atoms with van der Waals surface area (Å²) in [5, 5.41) is 8.54. The molecule has 2 unspecified atom stereocenters. The maximum Gasteiger partial charge on any atom is 0.325 e. The molecule has 0 aromatic rings. The molecule has 0 spiro atoms. The lowest BCUT2D eigenvalue weighted by Crippen LogP contribution is -2.46. The Kier molecular flexibility index (Phi) is 6.76. The van der Waals surface area contributed by atoms with Gasteiger partial charge in [0.25, 0.3) is 0 Å². The van der Waals surface area contributed by atoms with E-state index >= 15 is 0 Å². The number of rotatable bonds is 8. The van der Waals surface area contributed by atoms with Crippen molar-refractivity contribution in [3.05, 3.63) is 0 Å². The van der Waals surface area contributed by atoms with E-state index in [9.17, 15) is 18.3 Å². The zero-order valence-corrected chi connectivity index (χ0v) is 11.9. The molecule has 0 fully saturated rings. The molecule has 0 rings (SSSR count). The highest BCUT2D eigenvalue weighted by Gasteiger charge is 2.31. The van der Waals surface area contributed by atoms with Crippen molar-refractivity contribution >= 4 is 16.0 Å². The first-order valence-corrected chi connectivity index (χ1v) is 6.98. The number of methoxy groups -OCH3 is 2. The zero-order valence-electron chi connectivity index (χ0n) is 11.1. The summed E-state index contributed by atoms with van der Waals surface area (Å²) in [6.07, 6.45) is 0.276. The van der Waals surface area contributed by atoms with Gasteiger partial charge in [-0.25, -0.2) is 13.1 Å². The molecule has 0 amide bonds. The second kappa shape index (κ2) is 7.03. The van der Waals surface area contributed by atoms with E-state index in [1.165, 1.54) is 21.0 Å². The van der Waals surface area contributed by atoms with Gasteiger partial charge in [-0.2, -0.15) is 0 Å². The molecule has 0 saturated heterocycles. The predicted molar refractivity (Wildman–Crippen MR) is 65.5 cm³/mol. The third-order valence-corrected chi connectivity index (χ3v) is 4.17. The van der Waals surface area contributed by atoms with Gasteiger partial charge < -0.3 is 14.6 Å². The van der Waals surface area contributed by atoms with E-state index in [1.54, 1.807) is 0 Å². The summed E-state index contributed by atoms with van der Waals surface area (Å²) < 4.78 is 34.7. The van der Waals surface area contributed by atoms with Crippen molar-refractivity contribution in [1.29, 1.82) is 0 Å². The van der Waals surface area contributed by atoms with Gasteiger partial charge >= 0.3 is 5.97 Å². The number of ether oxygens (including phenoxy) is 2. The van der Waals surface area contributed by atoms with Gasteiger partial charge in [-0.3, -0.25) is 4.79 Å². The van der Waals surface area contributed by atoms with Crippen LogP contribution in [0, 0.1) is 0 Å². The highest BCUT2D eigenvalue weighted by molar-refractivity contribution is 7.90. The summed E-state index contributed by atoms with van der Waals surface area (Å²) in [6, 6.07) is 0. The Balaban J connectivity index is 4.47. The smallest absolute Gasteiger partial charge is 0.325 e. The van der Waals surface area contributed by atoms with Crippen LogP contribution in [0.4, 0.5) is 0 Å². The van der Waals surface area contributed by atoms with Crippen molar-refractivity contribution in [2.75, 3.05) is 27.4 Å². The van der Waals surface area contributed by atoms with Crippen LogP contribution < -0.4 is 4.72 Å². The fourth-order valence-corrected chi connectivity index (χ4v) is 2.20. The van der Waals surface area contributed by atoms with Crippen LogP contribution in [0.1, 0.15) is 20.3 Å². The first-order valence-electron chi connectivity index (χ1n) is 5.44. The maximum atomic E-state index is 11.7. The number of sulfonamides is 1. The summed E-state index contributed by atoms with van der Waals surface area (Å²) in [7, 11) is -1.26. The number of carbonyl (C=O) groups excluding carboxylic acids is 1. The number of aliphatic hydroxyl groups is 1. The van der Waals surface area contributed by atoms with Gasteiger partial charge in [-0.05, 0) is 13.8 Å². The average Bonchev–Trinajstić information content (AvgIpc) is 2.32. The lowest BCUT2D eigenvalue weighted by atomic mass is 10.0. The van der Waals surface area contributed by atoms with E-state index in [0.29, 0.717) is 6.61 Å². The zero-order chi connectivity index (χ0) is 14.4. The second-order valence-electron chi connectivity index (χ2n) is 4.27. The number of hydrogen-bond acceptors (Lipinski definition) is 6. The van der Waals surface area contributed by atoms with Crippen molar-refractivity contribution in [2.24, 2.45) is 0 Å². The van der Waals surface area contributed by atoms with Gasteiger partial charge in [-0.1, -0.05) is 0 Å². The van der Waals surface area contributed by atoms with Crippen LogP contribution in [0.15, 0.2) is 0 Å². The summed E-state index contributed by atoms with van der Waals surface area (Å²) in [5.74, 6) is -0.848. The summed E-state index contributed by atoms with van der Waals surface area (Å²) in [6.45, 7) is 2.82. The standard InChI is InChI=1S/C10H21NO6S/c1-8(9(12)17-4)18(14,15)11-7-10(2,13)5-6-16-3/h8,11,13H,5-7H2,1-4H3. The molecular formula is C10H21NO6S. The lowest BCUT2D eigenvalue weighted by Gasteiger charge is -2.24. The Morgan fingerprint density at radius 1 is 1.44 bits per heavy atom. The van der Waals surface area contributed by atoms with Gasteiger partial charge in [0.1, 0.15) is 0 Å². The topological polar surface area (TPSA) is 102 Å². The molecular weight excluding hydrogens is 262 g/mol. The molecule has 0 saturated carbocycles. The SMILES string of the molecule is COCCC(C)(O)CNS(=O)(=O)C(C)C(=O)OC. The van der Waals surface area contributed by atoms with Crippen LogP contribution >= 0.6 is 0 Å². The third-order valence-electron chi connectivity index (χ3n) is 2.50. The van der Waals surface area contributed by atoms with Crippen molar-refractivity contribution < 1.29 is 27.8 Å². The summed E-state index contributed by atoms with van der Waals surface area (Å²) >= 11 is 0. The highest BCUT2D eigenvalue weighted by atomic mass is 32.2. The van der Waals surface area contributed by atoms with Crippen LogP contribution in [-0.2, 0) is 24.3 Å². The molecule has 108 valence electrons. The van der Waals surface area contributed by atoms with E-state index in [0.717, 1.165) is 7.11 Å². The van der Waals surface area contributed by atoms with Gasteiger partial charge in [0, 0.05) is 26.7 Å². The van der Waals surface area contributed by atoms with Crippen molar-refractivity contribution in [3.63, 3.8) is 0 Å². The fraction of sp³-hybridized carbons (Fsp3) is 0.900. The Hall–Kier alpha value is -0.700. The molecule has 0 aliphatic heterocycles. The summed E-state index contributed by atoms with van der Waals surface area (Å²) in [5.41, 5.74) is -1.24. The molecule has 8 heteroatoms. The monoisotopic (exact) mass is 283 g/mol. The van der Waals surface area contributed by atoms with Gasteiger partial charge in [0.15, 0.2) is 5.25 Å². The predicted octanol–water partition coefficient (Wildman–Crippen LogP) is -0.745. The Morgan fingerprint density at radius 3 is 2.44 bits per heavy atom. The van der Waals surface area contributed by atoms with Crippen molar-refractivity contribution in [3.8, 4) is 0 Å². The number of nitrogens with one attached hydrogen (secondary N) is 1. The van der Waals surface area contributed by atoms with Crippen molar-refractivity contribution in [2.45, 2.75) is 31.1 Å². The van der Waals surface area contributed by atoms with E-state index in [4.69, 9.17) is 4.74 Å². The Morgan fingerprint density at radius 2 is 2.00 bits per heavy atom. The minimum Gasteiger partial charge on any atom is -0.468 e. The van der Waals surface area contributed by atoms with E-state index in [1.807, 2.05) is 0 Å². The molecule has 0 heterocycles. The second-order valence-corrected chi connectivity index (χ2v) is 6.36. The van der Waals surface area contributed by atoms with E-state index in [2.05, 4.69) is 9.46 Å². The van der Waals surface area contributed by atoms with Crippen LogP contribution in [0.2, 0.25) is 0 Å². The van der Waals surface area contributed by atoms with Gasteiger partial charge in [-0.15, -0.1) is 0 Å². The summed E-state index contributed by atoms with van der Waals surface area (Å²) in [4.78, 5) is 11.1. The largest absolute Gasteiger partial charge is 0.468 e. The van der Waals surface area contributed by atoms with Crippen LogP contribution in [-0.4, -0.2) is 57.7 Å². The molecule has 7 nitrogen and oxygen atoms in total.